The molecule has 1 heterocycles. The fourth-order valence-electron chi connectivity index (χ4n) is 1.95. The summed E-state index contributed by atoms with van der Waals surface area (Å²) in [5, 5.41) is 8.68. The molecule has 1 aromatic rings. The van der Waals surface area contributed by atoms with E-state index in [9.17, 15) is 8.42 Å². The maximum atomic E-state index is 12.0. The lowest BCUT2D eigenvalue weighted by molar-refractivity contribution is 0.295. The first-order valence-corrected chi connectivity index (χ1v) is 6.95. The van der Waals surface area contributed by atoms with Crippen LogP contribution in [-0.2, 0) is 16.4 Å². The lowest BCUT2D eigenvalue weighted by Crippen LogP contribution is -2.31. The molecular formula is C11H15NO3S. The lowest BCUT2D eigenvalue weighted by atomic mass is 10.2. The molecule has 2 rings (SSSR count). The highest BCUT2D eigenvalue weighted by molar-refractivity contribution is 7.92. The van der Waals surface area contributed by atoms with Crippen LogP contribution in [0.1, 0.15) is 12.0 Å². The minimum atomic E-state index is -3.26. The quantitative estimate of drug-likeness (QED) is 0.846. The Kier molecular flexibility index (Phi) is 3.16. The molecule has 0 atom stereocenters. The van der Waals surface area contributed by atoms with Crippen molar-refractivity contribution in [1.82, 2.24) is 0 Å². The molecule has 4 nitrogen and oxygen atoms in total. The van der Waals surface area contributed by atoms with Crippen molar-refractivity contribution < 1.29 is 13.5 Å². The van der Waals surface area contributed by atoms with Gasteiger partial charge in [-0.15, -0.1) is 0 Å². The topological polar surface area (TPSA) is 57.6 Å². The second kappa shape index (κ2) is 4.43. The lowest BCUT2D eigenvalue weighted by Gasteiger charge is -2.19. The Balaban J connectivity index is 2.25. The van der Waals surface area contributed by atoms with Crippen LogP contribution in [0.5, 0.6) is 0 Å². The normalized spacial score (nSPS) is 15.2. The Morgan fingerprint density at radius 3 is 2.81 bits per heavy atom. The van der Waals surface area contributed by atoms with Crippen molar-refractivity contribution in [3.63, 3.8) is 0 Å². The third-order valence-electron chi connectivity index (χ3n) is 2.74. The van der Waals surface area contributed by atoms with Crippen molar-refractivity contribution in [3.8, 4) is 0 Å². The zero-order valence-corrected chi connectivity index (χ0v) is 9.78. The Morgan fingerprint density at radius 2 is 2.06 bits per heavy atom. The van der Waals surface area contributed by atoms with Gasteiger partial charge in [0.25, 0.3) is 0 Å². The minimum absolute atomic E-state index is 0.0117. The Labute approximate surface area is 95.6 Å². The summed E-state index contributed by atoms with van der Waals surface area (Å²) in [7, 11) is -3.26. The van der Waals surface area contributed by atoms with E-state index in [2.05, 4.69) is 0 Å². The molecule has 0 fully saturated rings. The maximum absolute atomic E-state index is 12.0. The summed E-state index contributed by atoms with van der Waals surface area (Å²) >= 11 is 0. The van der Waals surface area contributed by atoms with Crippen molar-refractivity contribution in [2.24, 2.45) is 0 Å². The van der Waals surface area contributed by atoms with Crippen LogP contribution in [0.15, 0.2) is 24.3 Å². The summed E-state index contributed by atoms with van der Waals surface area (Å²) in [5.41, 5.74) is 1.87. The molecule has 16 heavy (non-hydrogen) atoms. The van der Waals surface area contributed by atoms with Gasteiger partial charge in [0.2, 0.25) is 10.0 Å². The summed E-state index contributed by atoms with van der Waals surface area (Å²) in [6, 6.07) is 7.55. The molecule has 1 aromatic carbocycles. The van der Waals surface area contributed by atoms with E-state index in [0.717, 1.165) is 17.7 Å². The summed E-state index contributed by atoms with van der Waals surface area (Å²) in [6.07, 6.45) is 1.07. The standard InChI is InChI=1S/C11H15NO3S/c13-8-3-9-16(14,15)12-7-6-10-4-1-2-5-11(10)12/h1-2,4-5,13H,3,6-9H2. The van der Waals surface area contributed by atoms with Crippen LogP contribution in [0.3, 0.4) is 0 Å². The SMILES string of the molecule is O=S(=O)(CCCO)N1CCc2ccccc21. The average molecular weight is 241 g/mol. The smallest absolute Gasteiger partial charge is 0.235 e. The molecule has 1 aliphatic rings. The predicted molar refractivity (Wildman–Crippen MR) is 63.0 cm³/mol. The first kappa shape index (κ1) is 11.4. The molecule has 0 radical (unpaired) electrons. The van der Waals surface area contributed by atoms with Gasteiger partial charge in [-0.05, 0) is 24.5 Å². The molecule has 0 bridgehead atoms. The van der Waals surface area contributed by atoms with Crippen LogP contribution in [0.4, 0.5) is 5.69 Å². The molecule has 5 heteroatoms. The minimum Gasteiger partial charge on any atom is -0.396 e. The van der Waals surface area contributed by atoms with Crippen molar-refractivity contribution in [1.29, 1.82) is 0 Å². The highest BCUT2D eigenvalue weighted by atomic mass is 32.2. The van der Waals surface area contributed by atoms with Gasteiger partial charge in [0.15, 0.2) is 0 Å². The van der Waals surface area contributed by atoms with E-state index in [1.54, 1.807) is 0 Å². The number of para-hydroxylation sites is 1. The molecule has 0 aliphatic carbocycles. The Bertz CT molecular complexity index is 470. The summed E-state index contributed by atoms with van der Waals surface area (Å²) < 4.78 is 25.4. The first-order chi connectivity index (χ1) is 7.65. The number of aliphatic hydroxyl groups excluding tert-OH is 1. The van der Waals surface area contributed by atoms with E-state index in [-0.39, 0.29) is 12.4 Å². The highest BCUT2D eigenvalue weighted by Gasteiger charge is 2.28. The van der Waals surface area contributed by atoms with Gasteiger partial charge < -0.3 is 5.11 Å². The zero-order chi connectivity index (χ0) is 11.6. The Morgan fingerprint density at radius 1 is 1.31 bits per heavy atom. The van der Waals surface area contributed by atoms with Crippen molar-refractivity contribution in [2.75, 3.05) is 23.2 Å². The number of hydrogen-bond donors (Lipinski definition) is 1. The van der Waals surface area contributed by atoms with Gasteiger partial charge >= 0.3 is 0 Å². The molecule has 0 saturated carbocycles. The fourth-order valence-corrected chi connectivity index (χ4v) is 3.52. The van der Waals surface area contributed by atoms with Gasteiger partial charge in [-0.25, -0.2) is 8.42 Å². The monoisotopic (exact) mass is 241 g/mol. The van der Waals surface area contributed by atoms with Crippen LogP contribution in [-0.4, -0.2) is 32.4 Å². The maximum Gasteiger partial charge on any atom is 0.235 e. The third-order valence-corrected chi connectivity index (χ3v) is 4.60. The molecule has 0 unspecified atom stereocenters. The number of aliphatic hydroxyl groups is 1. The average Bonchev–Trinajstić information content (AvgIpc) is 2.71. The Hall–Kier alpha value is -1.07. The predicted octanol–water partition coefficient (Wildman–Crippen LogP) is 0.761. The number of anilines is 1. The molecule has 88 valence electrons. The summed E-state index contributed by atoms with van der Waals surface area (Å²) in [4.78, 5) is 0. The van der Waals surface area contributed by atoms with E-state index >= 15 is 0 Å². The van der Waals surface area contributed by atoms with E-state index < -0.39 is 10.0 Å². The number of nitrogens with zero attached hydrogens (tertiary/aromatic N) is 1. The van der Waals surface area contributed by atoms with Crippen LogP contribution >= 0.6 is 0 Å². The van der Waals surface area contributed by atoms with Crippen molar-refractivity contribution in [3.05, 3.63) is 29.8 Å². The van der Waals surface area contributed by atoms with E-state index in [4.69, 9.17) is 5.11 Å². The highest BCUT2D eigenvalue weighted by Crippen LogP contribution is 2.29. The van der Waals surface area contributed by atoms with Gasteiger partial charge in [0.1, 0.15) is 0 Å². The number of sulfonamides is 1. The second-order valence-electron chi connectivity index (χ2n) is 3.84. The van der Waals surface area contributed by atoms with E-state index in [1.165, 1.54) is 4.31 Å². The molecule has 0 spiro atoms. The van der Waals surface area contributed by atoms with Crippen molar-refractivity contribution in [2.45, 2.75) is 12.8 Å². The number of rotatable bonds is 4. The zero-order valence-electron chi connectivity index (χ0n) is 8.96. The largest absolute Gasteiger partial charge is 0.396 e. The number of hydrogen-bond acceptors (Lipinski definition) is 3. The summed E-state index contributed by atoms with van der Waals surface area (Å²) in [5.74, 6) is 0.0117. The van der Waals surface area contributed by atoms with Crippen LogP contribution < -0.4 is 4.31 Å². The van der Waals surface area contributed by atoms with Crippen LogP contribution in [0.2, 0.25) is 0 Å². The fraction of sp³-hybridized carbons (Fsp3) is 0.455. The summed E-state index contributed by atoms with van der Waals surface area (Å²) in [6.45, 7) is 0.432. The number of benzene rings is 1. The van der Waals surface area contributed by atoms with E-state index in [1.807, 2.05) is 24.3 Å². The van der Waals surface area contributed by atoms with Gasteiger partial charge in [-0.1, -0.05) is 18.2 Å². The second-order valence-corrected chi connectivity index (χ2v) is 5.86. The van der Waals surface area contributed by atoms with Crippen molar-refractivity contribution >= 4 is 15.7 Å². The van der Waals surface area contributed by atoms with Gasteiger partial charge in [-0.2, -0.15) is 0 Å². The van der Waals surface area contributed by atoms with Crippen LogP contribution in [0.25, 0.3) is 0 Å². The van der Waals surface area contributed by atoms with Gasteiger partial charge in [0, 0.05) is 13.2 Å². The third kappa shape index (κ3) is 2.05. The molecule has 1 aliphatic heterocycles. The van der Waals surface area contributed by atoms with E-state index in [0.29, 0.717) is 13.0 Å². The molecule has 1 N–H and O–H groups in total. The van der Waals surface area contributed by atoms with Gasteiger partial charge in [0.05, 0.1) is 11.4 Å². The van der Waals surface area contributed by atoms with Gasteiger partial charge in [-0.3, -0.25) is 4.31 Å². The molecular weight excluding hydrogens is 226 g/mol. The first-order valence-electron chi connectivity index (χ1n) is 5.34. The van der Waals surface area contributed by atoms with Crippen LogP contribution in [0, 0.1) is 0 Å². The number of fused-ring (bicyclic) bond motifs is 1. The molecule has 0 aromatic heterocycles. The molecule has 0 saturated heterocycles. The molecule has 0 amide bonds.